The Kier molecular flexibility index (Phi) is 7.82. The van der Waals surface area contributed by atoms with Gasteiger partial charge in [-0.1, -0.05) is 79.7 Å². The van der Waals surface area contributed by atoms with Crippen LogP contribution in [0, 0.1) is 11.8 Å². The number of likely N-dealkylation sites (tertiary alicyclic amines) is 1. The lowest BCUT2D eigenvalue weighted by Crippen LogP contribution is -2.47. The highest BCUT2D eigenvalue weighted by Crippen LogP contribution is 2.54. The van der Waals surface area contributed by atoms with Crippen molar-refractivity contribution in [3.05, 3.63) is 95.6 Å². The Hall–Kier alpha value is -3.34. The minimum atomic E-state index is -0.898. The van der Waals surface area contributed by atoms with Crippen molar-refractivity contribution in [2.75, 3.05) is 37.7 Å². The Labute approximate surface area is 238 Å². The van der Waals surface area contributed by atoms with Crippen LogP contribution in [0.2, 0.25) is 0 Å². The molecule has 3 aromatic rings. The van der Waals surface area contributed by atoms with Crippen molar-refractivity contribution in [1.29, 1.82) is 0 Å². The topological polar surface area (TPSA) is 32.8 Å². The zero-order valence-corrected chi connectivity index (χ0v) is 23.6. The zero-order chi connectivity index (χ0) is 27.5. The Morgan fingerprint density at radius 3 is 2.25 bits per heavy atom. The lowest BCUT2D eigenvalue weighted by Gasteiger charge is -2.47. The second-order valence-electron chi connectivity index (χ2n) is 11.8. The number of para-hydroxylation sites is 1. The van der Waals surface area contributed by atoms with E-state index in [0.29, 0.717) is 26.1 Å². The molecule has 210 valence electrons. The number of carbonyl (C=O) groups excluding carboxylic acids is 1. The van der Waals surface area contributed by atoms with Crippen LogP contribution < -0.4 is 9.64 Å². The number of benzene rings is 3. The number of amides is 1. The van der Waals surface area contributed by atoms with Crippen molar-refractivity contribution < 1.29 is 13.9 Å². The van der Waals surface area contributed by atoms with Crippen molar-refractivity contribution in [1.82, 2.24) is 4.90 Å². The number of carbonyl (C=O) groups is 1. The summed E-state index contributed by atoms with van der Waals surface area (Å²) in [4.78, 5) is 18.3. The molecule has 1 aliphatic carbocycles. The first kappa shape index (κ1) is 26.9. The summed E-state index contributed by atoms with van der Waals surface area (Å²) >= 11 is 0. The zero-order valence-electron chi connectivity index (χ0n) is 23.6. The second kappa shape index (κ2) is 11.6. The number of hydrogen-bond donors (Lipinski definition) is 0. The second-order valence-corrected chi connectivity index (χ2v) is 11.8. The highest BCUT2D eigenvalue weighted by Gasteiger charge is 2.55. The molecule has 1 saturated carbocycles. The maximum absolute atomic E-state index is 15.6. The molecule has 0 radical (unpaired) electrons. The average Bonchev–Trinajstić information content (AvgIpc) is 3.70. The van der Waals surface area contributed by atoms with E-state index in [0.717, 1.165) is 42.9 Å². The molecule has 2 heterocycles. The number of fused-ring (bicyclic) bond motifs is 1. The fourth-order valence-electron chi connectivity index (χ4n) is 7.60. The van der Waals surface area contributed by atoms with Crippen LogP contribution in [-0.4, -0.2) is 49.8 Å². The van der Waals surface area contributed by atoms with E-state index in [1.54, 1.807) is 0 Å². The summed E-state index contributed by atoms with van der Waals surface area (Å²) in [5.74, 6) is 0.764. The standard InChI is InChI=1S/C35H41FN2O2/c1-2-22-40-34-26(12-11-17-32(34)37-20-9-10-21-37)23-33(39)38-24-29-30(25-38)35(19-18-31(29)36,27-13-5-3-6-14-27)28-15-7-4-8-16-28/h3-8,11-17,29-31H,2,9-10,18-25H2,1H3. The largest absolute Gasteiger partial charge is 0.491 e. The molecule has 3 fully saturated rings. The number of anilines is 1. The summed E-state index contributed by atoms with van der Waals surface area (Å²) in [6.45, 7) is 5.82. The van der Waals surface area contributed by atoms with Crippen molar-refractivity contribution in [2.45, 2.75) is 57.0 Å². The molecule has 3 aliphatic rings. The summed E-state index contributed by atoms with van der Waals surface area (Å²) in [5, 5.41) is 0. The van der Waals surface area contributed by atoms with Gasteiger partial charge in [0.05, 0.1) is 18.7 Å². The van der Waals surface area contributed by atoms with Gasteiger partial charge in [0, 0.05) is 43.1 Å². The average molecular weight is 541 g/mol. The van der Waals surface area contributed by atoms with E-state index in [1.807, 2.05) is 29.2 Å². The first-order valence-corrected chi connectivity index (χ1v) is 15.1. The van der Waals surface area contributed by atoms with Crippen LogP contribution in [0.25, 0.3) is 0 Å². The molecular weight excluding hydrogens is 499 g/mol. The molecule has 4 nitrogen and oxygen atoms in total. The summed E-state index contributed by atoms with van der Waals surface area (Å²) < 4.78 is 21.9. The SMILES string of the molecule is CCCOc1c(CC(=O)N2CC3C(F)CCC(c4ccccc4)(c4ccccc4)C3C2)cccc1N1CCCC1. The van der Waals surface area contributed by atoms with E-state index >= 15 is 4.39 Å². The van der Waals surface area contributed by atoms with E-state index in [-0.39, 0.29) is 29.6 Å². The summed E-state index contributed by atoms with van der Waals surface area (Å²) in [5.41, 5.74) is 4.18. The first-order valence-electron chi connectivity index (χ1n) is 15.1. The molecule has 5 heteroatoms. The Morgan fingerprint density at radius 2 is 1.60 bits per heavy atom. The van der Waals surface area contributed by atoms with Crippen molar-refractivity contribution in [3.8, 4) is 5.75 Å². The van der Waals surface area contributed by atoms with Gasteiger partial charge in [-0.25, -0.2) is 4.39 Å². The maximum atomic E-state index is 15.6. The third kappa shape index (κ3) is 4.88. The maximum Gasteiger partial charge on any atom is 0.227 e. The molecule has 1 amide bonds. The Bertz CT molecular complexity index is 1250. The van der Waals surface area contributed by atoms with Gasteiger partial charge in [0.2, 0.25) is 5.91 Å². The molecule has 3 aromatic carbocycles. The van der Waals surface area contributed by atoms with Crippen molar-refractivity contribution >= 4 is 11.6 Å². The monoisotopic (exact) mass is 540 g/mol. The quantitative estimate of drug-likeness (QED) is 0.315. The molecule has 0 bridgehead atoms. The minimum absolute atomic E-state index is 0.0248. The van der Waals surface area contributed by atoms with Crippen LogP contribution >= 0.6 is 0 Å². The van der Waals surface area contributed by atoms with E-state index in [4.69, 9.17) is 4.74 Å². The molecule has 3 atom stereocenters. The summed E-state index contributed by atoms with van der Waals surface area (Å²) in [7, 11) is 0. The van der Waals surface area contributed by atoms with Gasteiger partial charge in [-0.3, -0.25) is 4.79 Å². The highest BCUT2D eigenvalue weighted by molar-refractivity contribution is 5.81. The van der Waals surface area contributed by atoms with E-state index in [2.05, 4.69) is 66.4 Å². The van der Waals surface area contributed by atoms with Crippen molar-refractivity contribution in [3.63, 3.8) is 0 Å². The number of hydrogen-bond acceptors (Lipinski definition) is 3. The minimum Gasteiger partial charge on any atom is -0.491 e. The van der Waals surface area contributed by atoms with Crippen LogP contribution in [0.1, 0.15) is 55.7 Å². The molecule has 3 unspecified atom stereocenters. The van der Waals surface area contributed by atoms with Gasteiger partial charge in [-0.05, 0) is 55.2 Å². The summed E-state index contributed by atoms with van der Waals surface area (Å²) in [6.07, 6.45) is 3.92. The van der Waals surface area contributed by atoms with Gasteiger partial charge in [0.15, 0.2) is 0 Å². The predicted molar refractivity (Wildman–Crippen MR) is 159 cm³/mol. The fourth-order valence-corrected chi connectivity index (χ4v) is 7.60. The van der Waals surface area contributed by atoms with Gasteiger partial charge >= 0.3 is 0 Å². The van der Waals surface area contributed by atoms with Crippen molar-refractivity contribution in [2.24, 2.45) is 11.8 Å². The number of nitrogens with zero attached hydrogens (tertiary/aromatic N) is 2. The lowest BCUT2D eigenvalue weighted by atomic mass is 9.56. The van der Waals surface area contributed by atoms with Crippen LogP contribution in [0.5, 0.6) is 5.75 Å². The highest BCUT2D eigenvalue weighted by atomic mass is 19.1. The number of alkyl halides is 1. The van der Waals surface area contributed by atoms with E-state index < -0.39 is 6.17 Å². The van der Waals surface area contributed by atoms with Crippen LogP contribution in [0.15, 0.2) is 78.9 Å². The molecule has 2 aliphatic heterocycles. The molecule has 0 aromatic heterocycles. The number of halogens is 1. The van der Waals surface area contributed by atoms with Gasteiger partial charge in [0.25, 0.3) is 0 Å². The van der Waals surface area contributed by atoms with E-state index in [1.165, 1.54) is 24.0 Å². The number of ether oxygens (including phenoxy) is 1. The lowest BCUT2D eigenvalue weighted by molar-refractivity contribution is -0.129. The predicted octanol–water partition coefficient (Wildman–Crippen LogP) is 6.81. The molecular formula is C35H41FN2O2. The fraction of sp³-hybridized carbons (Fsp3) is 0.457. The van der Waals surface area contributed by atoms with E-state index in [9.17, 15) is 4.79 Å². The molecule has 2 saturated heterocycles. The molecule has 40 heavy (non-hydrogen) atoms. The van der Waals surface area contributed by atoms with Gasteiger partial charge in [-0.15, -0.1) is 0 Å². The first-order chi connectivity index (χ1) is 19.6. The number of rotatable bonds is 8. The van der Waals surface area contributed by atoms with Crippen LogP contribution in [0.3, 0.4) is 0 Å². The Balaban J connectivity index is 1.30. The van der Waals surface area contributed by atoms with Gasteiger partial charge in [0.1, 0.15) is 11.9 Å². The molecule has 0 N–H and O–H groups in total. The summed E-state index contributed by atoms with van der Waals surface area (Å²) in [6, 6.07) is 27.4. The molecule has 0 spiro atoms. The van der Waals surface area contributed by atoms with Gasteiger partial charge < -0.3 is 14.5 Å². The third-order valence-electron chi connectivity index (χ3n) is 9.52. The molecule has 6 rings (SSSR count). The van der Waals surface area contributed by atoms with Crippen LogP contribution in [0.4, 0.5) is 10.1 Å². The Morgan fingerprint density at radius 1 is 0.925 bits per heavy atom. The smallest absolute Gasteiger partial charge is 0.227 e. The van der Waals surface area contributed by atoms with Crippen LogP contribution in [-0.2, 0) is 16.6 Å². The van der Waals surface area contributed by atoms with Gasteiger partial charge in [-0.2, -0.15) is 0 Å². The third-order valence-corrected chi connectivity index (χ3v) is 9.52. The normalized spacial score (nSPS) is 23.7.